The van der Waals surface area contributed by atoms with Crippen LogP contribution in [-0.4, -0.2) is 25.8 Å². The van der Waals surface area contributed by atoms with Gasteiger partial charge >= 0.3 is 0 Å². The molecule has 0 aliphatic rings. The van der Waals surface area contributed by atoms with Gasteiger partial charge in [-0.3, -0.25) is 0 Å². The lowest BCUT2D eigenvalue weighted by Crippen LogP contribution is -2.47. The first-order valence-electron chi connectivity index (χ1n) is 12.1. The van der Waals surface area contributed by atoms with Crippen molar-refractivity contribution in [2.75, 3.05) is 19.8 Å². The van der Waals surface area contributed by atoms with Crippen molar-refractivity contribution < 1.29 is 14.2 Å². The standard InChI is InChI=1S/C24H50O3/c1-6-11-15-16-17-18-19-23(10-5)24(25-20-12-7-2,26-21-13-8-3)27-22-14-9-4/h23H,6-22H2,1-5H3. The van der Waals surface area contributed by atoms with Gasteiger partial charge in [0.25, 0.3) is 5.97 Å². The molecule has 0 bridgehead atoms. The number of ether oxygens (including phenoxy) is 3. The summed E-state index contributed by atoms with van der Waals surface area (Å²) in [6.45, 7) is 13.3. The lowest BCUT2D eigenvalue weighted by molar-refractivity contribution is -0.406. The number of hydrogen-bond acceptors (Lipinski definition) is 3. The molecule has 3 heteroatoms. The van der Waals surface area contributed by atoms with Crippen LogP contribution in [0.3, 0.4) is 0 Å². The highest BCUT2D eigenvalue weighted by Crippen LogP contribution is 2.34. The molecule has 0 spiro atoms. The summed E-state index contributed by atoms with van der Waals surface area (Å²) in [6, 6.07) is 0. The summed E-state index contributed by atoms with van der Waals surface area (Å²) in [7, 11) is 0. The van der Waals surface area contributed by atoms with E-state index in [0.717, 1.165) is 71.2 Å². The Kier molecular flexibility index (Phi) is 19.1. The molecule has 0 aliphatic heterocycles. The molecule has 1 atom stereocenters. The highest BCUT2D eigenvalue weighted by Gasteiger charge is 2.41. The number of hydrogen-bond donors (Lipinski definition) is 0. The number of rotatable bonds is 21. The average molecular weight is 387 g/mol. The average Bonchev–Trinajstić information content (AvgIpc) is 2.67. The number of unbranched alkanes of at least 4 members (excludes halogenated alkanes) is 8. The first kappa shape index (κ1) is 26.9. The molecular formula is C24H50O3. The van der Waals surface area contributed by atoms with Crippen molar-refractivity contribution in [2.45, 2.75) is 130 Å². The molecule has 0 radical (unpaired) electrons. The quantitative estimate of drug-likeness (QED) is 0.148. The normalized spacial score (nSPS) is 13.2. The second-order valence-corrected chi connectivity index (χ2v) is 7.87. The molecule has 0 rings (SSSR count). The van der Waals surface area contributed by atoms with E-state index in [2.05, 4.69) is 34.6 Å². The first-order valence-corrected chi connectivity index (χ1v) is 12.1. The Morgan fingerprint density at radius 3 is 1.33 bits per heavy atom. The van der Waals surface area contributed by atoms with Gasteiger partial charge in [-0.05, 0) is 32.1 Å². The molecule has 3 nitrogen and oxygen atoms in total. The van der Waals surface area contributed by atoms with Gasteiger partial charge in [0.05, 0.1) is 19.8 Å². The molecule has 0 aromatic rings. The van der Waals surface area contributed by atoms with Crippen molar-refractivity contribution in [1.82, 2.24) is 0 Å². The Hall–Kier alpha value is -0.120. The summed E-state index contributed by atoms with van der Waals surface area (Å²) >= 11 is 0. The van der Waals surface area contributed by atoms with Crippen LogP contribution in [0.1, 0.15) is 125 Å². The van der Waals surface area contributed by atoms with Crippen molar-refractivity contribution in [1.29, 1.82) is 0 Å². The van der Waals surface area contributed by atoms with Gasteiger partial charge in [0, 0.05) is 5.92 Å². The van der Waals surface area contributed by atoms with Crippen molar-refractivity contribution in [3.05, 3.63) is 0 Å². The monoisotopic (exact) mass is 386 g/mol. The summed E-state index contributed by atoms with van der Waals surface area (Å²) < 4.78 is 19.1. The van der Waals surface area contributed by atoms with Crippen molar-refractivity contribution in [3.8, 4) is 0 Å². The SMILES string of the molecule is CCCCCCCCC(CC)C(OCCCC)(OCCCC)OCCCC. The smallest absolute Gasteiger partial charge is 0.285 e. The fraction of sp³-hybridized carbons (Fsp3) is 1.00. The second kappa shape index (κ2) is 19.2. The van der Waals surface area contributed by atoms with E-state index in [1.165, 1.54) is 38.5 Å². The van der Waals surface area contributed by atoms with Gasteiger partial charge in [-0.25, -0.2) is 0 Å². The Bertz CT molecular complexity index is 267. The summed E-state index contributed by atoms with van der Waals surface area (Å²) in [5.41, 5.74) is 0. The van der Waals surface area contributed by atoms with E-state index in [1.54, 1.807) is 0 Å². The second-order valence-electron chi connectivity index (χ2n) is 7.87. The van der Waals surface area contributed by atoms with Crippen LogP contribution in [0.4, 0.5) is 0 Å². The van der Waals surface area contributed by atoms with Gasteiger partial charge in [-0.15, -0.1) is 0 Å². The highest BCUT2D eigenvalue weighted by molar-refractivity contribution is 4.72. The predicted octanol–water partition coefficient (Wildman–Crippen LogP) is 7.87. The van der Waals surface area contributed by atoms with Crippen LogP contribution < -0.4 is 0 Å². The van der Waals surface area contributed by atoms with E-state index in [-0.39, 0.29) is 0 Å². The van der Waals surface area contributed by atoms with Crippen molar-refractivity contribution >= 4 is 0 Å². The fourth-order valence-electron chi connectivity index (χ4n) is 3.36. The van der Waals surface area contributed by atoms with Crippen LogP contribution in [0, 0.1) is 5.92 Å². The van der Waals surface area contributed by atoms with E-state index in [0.29, 0.717) is 5.92 Å². The Morgan fingerprint density at radius 1 is 0.519 bits per heavy atom. The van der Waals surface area contributed by atoms with Crippen molar-refractivity contribution in [2.24, 2.45) is 5.92 Å². The van der Waals surface area contributed by atoms with Crippen LogP contribution in [0.15, 0.2) is 0 Å². The maximum absolute atomic E-state index is 6.37. The predicted molar refractivity (Wildman–Crippen MR) is 117 cm³/mol. The minimum Gasteiger partial charge on any atom is -0.327 e. The Balaban J connectivity index is 4.92. The third-order valence-electron chi connectivity index (χ3n) is 5.30. The molecule has 0 saturated carbocycles. The molecule has 0 aromatic carbocycles. The van der Waals surface area contributed by atoms with E-state index >= 15 is 0 Å². The van der Waals surface area contributed by atoms with E-state index in [4.69, 9.17) is 14.2 Å². The maximum Gasteiger partial charge on any atom is 0.285 e. The van der Waals surface area contributed by atoms with Gasteiger partial charge < -0.3 is 14.2 Å². The highest BCUT2D eigenvalue weighted by atomic mass is 16.9. The summed E-state index contributed by atoms with van der Waals surface area (Å²) in [5, 5.41) is 0. The third kappa shape index (κ3) is 12.9. The van der Waals surface area contributed by atoms with Crippen LogP contribution in [-0.2, 0) is 14.2 Å². The van der Waals surface area contributed by atoms with Gasteiger partial charge in [-0.2, -0.15) is 0 Å². The van der Waals surface area contributed by atoms with Gasteiger partial charge in [0.1, 0.15) is 0 Å². The van der Waals surface area contributed by atoms with E-state index < -0.39 is 5.97 Å². The van der Waals surface area contributed by atoms with Gasteiger partial charge in [-0.1, -0.05) is 92.4 Å². The molecule has 0 N–H and O–H groups in total. The molecule has 0 aliphatic carbocycles. The lowest BCUT2D eigenvalue weighted by atomic mass is 9.95. The summed E-state index contributed by atoms with van der Waals surface area (Å²) in [6.07, 6.45) is 16.7. The zero-order chi connectivity index (χ0) is 20.2. The van der Waals surface area contributed by atoms with Crippen LogP contribution in [0.5, 0.6) is 0 Å². The lowest BCUT2D eigenvalue weighted by Gasteiger charge is -2.39. The molecule has 0 heterocycles. The molecule has 0 saturated heterocycles. The van der Waals surface area contributed by atoms with Crippen LogP contribution in [0.2, 0.25) is 0 Å². The zero-order valence-corrected chi connectivity index (χ0v) is 19.3. The summed E-state index contributed by atoms with van der Waals surface area (Å²) in [5.74, 6) is -0.522. The minimum atomic E-state index is -0.836. The first-order chi connectivity index (χ1) is 13.2. The Morgan fingerprint density at radius 2 is 0.926 bits per heavy atom. The van der Waals surface area contributed by atoms with Crippen molar-refractivity contribution in [3.63, 3.8) is 0 Å². The molecule has 0 aromatic heterocycles. The fourth-order valence-corrected chi connectivity index (χ4v) is 3.36. The molecule has 0 amide bonds. The topological polar surface area (TPSA) is 27.7 Å². The van der Waals surface area contributed by atoms with Crippen LogP contribution >= 0.6 is 0 Å². The largest absolute Gasteiger partial charge is 0.327 e. The summed E-state index contributed by atoms with van der Waals surface area (Å²) in [4.78, 5) is 0. The van der Waals surface area contributed by atoms with Gasteiger partial charge in [0.15, 0.2) is 0 Å². The Labute approximate surface area is 170 Å². The molecule has 27 heavy (non-hydrogen) atoms. The molecule has 1 unspecified atom stereocenters. The minimum absolute atomic E-state index is 0.314. The van der Waals surface area contributed by atoms with Gasteiger partial charge in [0.2, 0.25) is 0 Å². The third-order valence-corrected chi connectivity index (χ3v) is 5.30. The molecule has 0 fully saturated rings. The van der Waals surface area contributed by atoms with E-state index in [9.17, 15) is 0 Å². The maximum atomic E-state index is 6.37. The zero-order valence-electron chi connectivity index (χ0n) is 19.3. The molecular weight excluding hydrogens is 336 g/mol. The van der Waals surface area contributed by atoms with E-state index in [1.807, 2.05) is 0 Å². The molecule has 164 valence electrons. The van der Waals surface area contributed by atoms with Crippen LogP contribution in [0.25, 0.3) is 0 Å².